The lowest BCUT2D eigenvalue weighted by Gasteiger charge is -2.72. The van der Waals surface area contributed by atoms with E-state index < -0.39 is 58.0 Å². The molecule has 0 bridgehead atoms. The number of fused-ring (bicyclic) bond motifs is 7. The van der Waals surface area contributed by atoms with Gasteiger partial charge >= 0.3 is 17.9 Å². The van der Waals surface area contributed by atoms with Gasteiger partial charge in [0.1, 0.15) is 12.7 Å². The number of hydrogen-bond acceptors (Lipinski definition) is 9. The Balaban J connectivity index is 0.00000420. The fraction of sp³-hybridized carbons (Fsp3) is 0.766. The SMILES string of the molecule is C.C.C/C=C(\C)C(=O)OC[C@@]12C(CC(C)(C)[C@@H](O)[C@@H]1OC(=O)/C(C)=C/C)C1=CCC3[C@@]4(C)CC[C@H](O)[C@](C)(COC(=O)/C(C)=C/C)C4CC[C@@]3(C)[C@]1(C)C[C@H]2O. The lowest BCUT2D eigenvalue weighted by Crippen LogP contribution is -2.72. The largest absolute Gasteiger partial charge is 0.462 e. The third-order valence-corrected chi connectivity index (χ3v) is 16.4. The Morgan fingerprint density at radius 2 is 1.27 bits per heavy atom. The molecule has 12 atom stereocenters. The van der Waals surface area contributed by atoms with E-state index in [4.69, 9.17) is 14.2 Å². The number of aliphatic hydroxyl groups is 3. The minimum Gasteiger partial charge on any atom is -0.462 e. The highest BCUT2D eigenvalue weighted by atomic mass is 16.6. The molecule has 3 N–H and O–H groups in total. The number of allylic oxidation sites excluding steroid dienone is 5. The Labute approximate surface area is 338 Å². The number of hydrogen-bond donors (Lipinski definition) is 3. The number of esters is 3. The topological polar surface area (TPSA) is 140 Å². The van der Waals surface area contributed by atoms with E-state index in [0.717, 1.165) is 25.7 Å². The number of carbonyl (C=O) groups excluding carboxylic acids is 3. The summed E-state index contributed by atoms with van der Waals surface area (Å²) in [6, 6.07) is 0. The van der Waals surface area contributed by atoms with Gasteiger partial charge in [-0.05, 0) is 126 Å². The summed E-state index contributed by atoms with van der Waals surface area (Å²) in [7, 11) is 0. The fourth-order valence-corrected chi connectivity index (χ4v) is 12.2. The maximum Gasteiger partial charge on any atom is 0.333 e. The normalized spacial score (nSPS) is 41.8. The summed E-state index contributed by atoms with van der Waals surface area (Å²) < 4.78 is 18.2. The van der Waals surface area contributed by atoms with E-state index in [1.165, 1.54) is 5.57 Å². The molecule has 0 aromatic rings. The smallest absolute Gasteiger partial charge is 0.333 e. The van der Waals surface area contributed by atoms with E-state index in [-0.39, 0.29) is 62.6 Å². The van der Waals surface area contributed by atoms with Gasteiger partial charge in [0, 0.05) is 22.1 Å². The molecule has 0 spiro atoms. The molecule has 0 radical (unpaired) electrons. The van der Waals surface area contributed by atoms with Crippen molar-refractivity contribution in [1.82, 2.24) is 0 Å². The van der Waals surface area contributed by atoms with Crippen molar-refractivity contribution in [2.45, 2.75) is 167 Å². The standard InChI is InChI=1S/C45H68O9.2CH4/c1-13-26(4)37(49)52-24-42(10)31-18-21-43(11)32(41(31,9)20-19-33(42)46)17-16-29-30-22-40(7,8)35(48)36(54-39(51)28(6)15-3)45(30,34(47)23-44(29,43)12)25-53-38(50)27(5)14-2;;/h13-16,30-36,46-48H,17-25H2,1-12H3;2*1H4/b26-13+,27-14+,28-15+;;/t30?,31?,32?,33-,34+,35-,36-,41-,42+,43+,44+,45-;;/m0../s1. The van der Waals surface area contributed by atoms with Crippen LogP contribution in [0.1, 0.15) is 143 Å². The first-order chi connectivity index (χ1) is 25.0. The molecular weight excluding hydrogens is 709 g/mol. The highest BCUT2D eigenvalue weighted by Crippen LogP contribution is 2.76. The Bertz CT molecular complexity index is 1640. The third-order valence-electron chi connectivity index (χ3n) is 16.4. The molecule has 0 saturated heterocycles. The molecule has 0 heterocycles. The van der Waals surface area contributed by atoms with E-state index >= 15 is 0 Å². The van der Waals surface area contributed by atoms with Crippen LogP contribution in [0.5, 0.6) is 0 Å². The van der Waals surface area contributed by atoms with Gasteiger partial charge in [-0.2, -0.15) is 0 Å². The molecule has 318 valence electrons. The average molecular weight is 785 g/mol. The van der Waals surface area contributed by atoms with Gasteiger partial charge in [-0.3, -0.25) is 0 Å². The van der Waals surface area contributed by atoms with Crippen molar-refractivity contribution in [2.75, 3.05) is 13.2 Å². The van der Waals surface area contributed by atoms with Crippen molar-refractivity contribution in [3.8, 4) is 0 Å². The molecule has 5 aliphatic carbocycles. The second-order valence-corrected chi connectivity index (χ2v) is 19.3. The number of carbonyl (C=O) groups is 3. The molecule has 0 aliphatic heterocycles. The van der Waals surface area contributed by atoms with Crippen LogP contribution in [0.4, 0.5) is 0 Å². The van der Waals surface area contributed by atoms with Crippen molar-refractivity contribution >= 4 is 17.9 Å². The zero-order valence-electron chi connectivity index (χ0n) is 35.0. The average Bonchev–Trinajstić information content (AvgIpc) is 3.12. The highest BCUT2D eigenvalue weighted by molar-refractivity contribution is 5.88. The van der Waals surface area contributed by atoms with E-state index in [0.29, 0.717) is 36.0 Å². The minimum absolute atomic E-state index is 0. The zero-order chi connectivity index (χ0) is 40.4. The Morgan fingerprint density at radius 1 is 0.732 bits per heavy atom. The lowest BCUT2D eigenvalue weighted by molar-refractivity contribution is -0.265. The van der Waals surface area contributed by atoms with Crippen LogP contribution in [0.25, 0.3) is 0 Å². The second kappa shape index (κ2) is 16.5. The Kier molecular flexibility index (Phi) is 14.0. The predicted octanol–water partition coefficient (Wildman–Crippen LogP) is 8.85. The Morgan fingerprint density at radius 3 is 1.82 bits per heavy atom. The maximum absolute atomic E-state index is 13.5. The molecule has 0 amide bonds. The monoisotopic (exact) mass is 785 g/mol. The fourth-order valence-electron chi connectivity index (χ4n) is 12.2. The summed E-state index contributed by atoms with van der Waals surface area (Å²) >= 11 is 0. The number of ether oxygens (including phenoxy) is 3. The van der Waals surface area contributed by atoms with Crippen molar-refractivity contribution in [2.24, 2.45) is 50.2 Å². The number of rotatable bonds is 8. The van der Waals surface area contributed by atoms with E-state index in [2.05, 4.69) is 33.8 Å². The Hall–Kier alpha value is -2.75. The second-order valence-electron chi connectivity index (χ2n) is 19.3. The first kappa shape index (κ1) is 47.6. The van der Waals surface area contributed by atoms with E-state index in [1.807, 2.05) is 20.8 Å². The van der Waals surface area contributed by atoms with Crippen LogP contribution in [0.15, 0.2) is 46.6 Å². The van der Waals surface area contributed by atoms with E-state index in [9.17, 15) is 29.7 Å². The third kappa shape index (κ3) is 7.07. The van der Waals surface area contributed by atoms with Crippen LogP contribution in [0, 0.1) is 50.2 Å². The first-order valence-electron chi connectivity index (χ1n) is 20.2. The summed E-state index contributed by atoms with van der Waals surface area (Å²) in [6.07, 6.45) is 8.28. The summed E-state index contributed by atoms with van der Waals surface area (Å²) in [4.78, 5) is 39.6. The van der Waals surface area contributed by atoms with Crippen LogP contribution in [0.2, 0.25) is 0 Å². The molecule has 4 fully saturated rings. The molecule has 0 aromatic carbocycles. The summed E-state index contributed by atoms with van der Waals surface area (Å²) in [5.74, 6) is -1.48. The quantitative estimate of drug-likeness (QED) is 0.0954. The van der Waals surface area contributed by atoms with Gasteiger partial charge in [0.25, 0.3) is 0 Å². The van der Waals surface area contributed by atoms with Crippen LogP contribution in [-0.2, 0) is 28.6 Å². The van der Waals surface area contributed by atoms with Gasteiger partial charge in [-0.1, -0.05) is 86.3 Å². The van der Waals surface area contributed by atoms with Gasteiger partial charge in [-0.15, -0.1) is 0 Å². The van der Waals surface area contributed by atoms with Crippen LogP contribution >= 0.6 is 0 Å². The van der Waals surface area contributed by atoms with Gasteiger partial charge in [0.05, 0.1) is 30.3 Å². The molecule has 9 heteroatoms. The van der Waals surface area contributed by atoms with Crippen LogP contribution in [0.3, 0.4) is 0 Å². The van der Waals surface area contributed by atoms with Crippen molar-refractivity contribution in [3.05, 3.63) is 46.6 Å². The van der Waals surface area contributed by atoms with Gasteiger partial charge < -0.3 is 29.5 Å². The molecule has 5 rings (SSSR count). The van der Waals surface area contributed by atoms with Gasteiger partial charge in [-0.25, -0.2) is 14.4 Å². The first-order valence-corrected chi connectivity index (χ1v) is 20.2. The lowest BCUT2D eigenvalue weighted by atomic mass is 9.33. The molecular formula is C47H76O9. The van der Waals surface area contributed by atoms with Crippen molar-refractivity contribution in [1.29, 1.82) is 0 Å². The molecule has 5 aliphatic rings. The summed E-state index contributed by atoms with van der Waals surface area (Å²) in [6.45, 7) is 23.5. The van der Waals surface area contributed by atoms with Gasteiger partial charge in [0.15, 0.2) is 0 Å². The predicted molar refractivity (Wildman–Crippen MR) is 221 cm³/mol. The maximum atomic E-state index is 13.5. The molecule has 56 heavy (non-hydrogen) atoms. The van der Waals surface area contributed by atoms with E-state index in [1.54, 1.807) is 52.8 Å². The number of aliphatic hydroxyl groups excluding tert-OH is 3. The highest BCUT2D eigenvalue weighted by Gasteiger charge is 2.73. The summed E-state index contributed by atoms with van der Waals surface area (Å²) in [5.41, 5.74) is -0.974. The molecule has 4 saturated carbocycles. The molecule has 0 aromatic heterocycles. The summed E-state index contributed by atoms with van der Waals surface area (Å²) in [5, 5.41) is 36.4. The van der Waals surface area contributed by atoms with Crippen molar-refractivity contribution < 1.29 is 43.9 Å². The van der Waals surface area contributed by atoms with Crippen molar-refractivity contribution in [3.63, 3.8) is 0 Å². The zero-order valence-corrected chi connectivity index (χ0v) is 35.0. The molecule has 3 unspecified atom stereocenters. The minimum atomic E-state index is -1.29. The van der Waals surface area contributed by atoms with Crippen LogP contribution < -0.4 is 0 Å². The van der Waals surface area contributed by atoms with Crippen LogP contribution in [-0.4, -0.2) is 70.9 Å². The van der Waals surface area contributed by atoms with Gasteiger partial charge in [0.2, 0.25) is 0 Å². The molecule has 9 nitrogen and oxygen atoms in total.